The van der Waals surface area contributed by atoms with Gasteiger partial charge in [-0.2, -0.15) is 0 Å². The number of H-pyrrole nitrogens is 1. The fraction of sp³-hybridized carbons (Fsp3) is 0.424. The van der Waals surface area contributed by atoms with Gasteiger partial charge in [-0.1, -0.05) is 12.1 Å². The SMILES string of the molecule is COc1ccc(C2(c3ccncc3)C=Cc3[nH]c4ncnc(N[C@H]5CC[C@H](N6CCOCC6)CC5)c4c3C2)cc1OC. The van der Waals surface area contributed by atoms with Gasteiger partial charge in [-0.05, 0) is 79.1 Å². The first-order valence-corrected chi connectivity index (χ1v) is 14.9. The fourth-order valence-electron chi connectivity index (χ4n) is 7.15. The maximum absolute atomic E-state index is 5.72. The molecule has 7 rings (SSSR count). The van der Waals surface area contributed by atoms with E-state index in [-0.39, 0.29) is 0 Å². The van der Waals surface area contributed by atoms with E-state index in [1.807, 2.05) is 18.5 Å². The van der Waals surface area contributed by atoms with Gasteiger partial charge >= 0.3 is 0 Å². The standard InChI is InChI=1S/C33H38N6O3/c1-40-28-8-3-23(19-29(28)41-2)33(22-10-13-34-14-11-22)12-9-27-26(20-33)30-31(35-21-36-32(30)38-27)37-24-4-6-25(7-5-24)39-15-17-42-18-16-39/h3,8-14,19,21,24-25H,4-7,15-18,20H2,1-2H3,(H2,35,36,37,38)/t24-,25-,33?. The highest BCUT2D eigenvalue weighted by molar-refractivity contribution is 5.94. The molecule has 1 atom stereocenters. The Morgan fingerprint density at radius 3 is 2.50 bits per heavy atom. The highest BCUT2D eigenvalue weighted by atomic mass is 16.5. The van der Waals surface area contributed by atoms with Crippen molar-refractivity contribution in [2.45, 2.75) is 49.6 Å². The fourth-order valence-corrected chi connectivity index (χ4v) is 7.15. The zero-order valence-corrected chi connectivity index (χ0v) is 24.3. The smallest absolute Gasteiger partial charge is 0.161 e. The van der Waals surface area contributed by atoms with Gasteiger partial charge in [0.25, 0.3) is 0 Å². The normalized spacial score (nSPS) is 24.3. The molecule has 0 spiro atoms. The molecule has 3 aliphatic rings. The van der Waals surface area contributed by atoms with Gasteiger partial charge in [0.05, 0.1) is 32.8 Å². The minimum absolute atomic E-state index is 0.390. The molecule has 2 aliphatic carbocycles. The van der Waals surface area contributed by atoms with Crippen LogP contribution in [0.15, 0.2) is 55.1 Å². The number of methoxy groups -OCH3 is 2. The summed E-state index contributed by atoms with van der Waals surface area (Å²) in [7, 11) is 3.34. The number of ether oxygens (including phenoxy) is 3. The summed E-state index contributed by atoms with van der Waals surface area (Å²) >= 11 is 0. The topological polar surface area (TPSA) is 97.4 Å². The molecule has 0 bridgehead atoms. The van der Waals surface area contributed by atoms with Crippen LogP contribution in [0.25, 0.3) is 17.1 Å². The number of fused-ring (bicyclic) bond motifs is 3. The Hall–Kier alpha value is -3.95. The molecule has 0 amide bonds. The number of pyridine rings is 1. The minimum Gasteiger partial charge on any atom is -0.493 e. The Morgan fingerprint density at radius 1 is 0.952 bits per heavy atom. The molecule has 9 nitrogen and oxygen atoms in total. The Labute approximate surface area is 246 Å². The number of benzene rings is 1. The van der Waals surface area contributed by atoms with Gasteiger partial charge in [-0.3, -0.25) is 9.88 Å². The molecule has 2 N–H and O–H groups in total. The summed E-state index contributed by atoms with van der Waals surface area (Å²) in [5.74, 6) is 2.33. The third kappa shape index (κ3) is 4.80. The van der Waals surface area contributed by atoms with E-state index in [1.165, 1.54) is 18.4 Å². The van der Waals surface area contributed by atoms with Crippen molar-refractivity contribution in [3.05, 3.63) is 77.5 Å². The average molecular weight is 567 g/mol. The second-order valence-corrected chi connectivity index (χ2v) is 11.5. The van der Waals surface area contributed by atoms with Crippen molar-refractivity contribution in [3.8, 4) is 11.5 Å². The van der Waals surface area contributed by atoms with Crippen LogP contribution in [-0.2, 0) is 16.6 Å². The van der Waals surface area contributed by atoms with Crippen molar-refractivity contribution >= 4 is 22.9 Å². The third-order valence-electron chi connectivity index (χ3n) is 9.41. The molecule has 1 aromatic carbocycles. The lowest BCUT2D eigenvalue weighted by Gasteiger charge is -2.39. The summed E-state index contributed by atoms with van der Waals surface area (Å²) in [6.45, 7) is 3.82. The van der Waals surface area contributed by atoms with Crippen LogP contribution >= 0.6 is 0 Å². The van der Waals surface area contributed by atoms with E-state index in [0.717, 1.165) is 79.2 Å². The Morgan fingerprint density at radius 2 is 1.74 bits per heavy atom. The molecule has 1 unspecified atom stereocenters. The molecular formula is C33H38N6O3. The summed E-state index contributed by atoms with van der Waals surface area (Å²) in [4.78, 5) is 19.9. The van der Waals surface area contributed by atoms with Crippen molar-refractivity contribution < 1.29 is 14.2 Å². The predicted octanol–water partition coefficient (Wildman–Crippen LogP) is 4.98. The summed E-state index contributed by atoms with van der Waals surface area (Å²) in [6, 6.07) is 11.5. The number of morpholine rings is 1. The molecule has 1 aliphatic heterocycles. The number of hydrogen-bond donors (Lipinski definition) is 2. The van der Waals surface area contributed by atoms with Crippen LogP contribution < -0.4 is 14.8 Å². The maximum Gasteiger partial charge on any atom is 0.161 e. The minimum atomic E-state index is -0.437. The van der Waals surface area contributed by atoms with Gasteiger partial charge in [0.2, 0.25) is 0 Å². The highest BCUT2D eigenvalue weighted by Crippen LogP contribution is 2.46. The molecule has 0 radical (unpaired) electrons. The second-order valence-electron chi connectivity index (χ2n) is 11.5. The first-order chi connectivity index (χ1) is 20.7. The largest absolute Gasteiger partial charge is 0.493 e. The lowest BCUT2D eigenvalue weighted by molar-refractivity contribution is 0.00791. The average Bonchev–Trinajstić information content (AvgIpc) is 3.44. The van der Waals surface area contributed by atoms with Gasteiger partial charge in [-0.25, -0.2) is 9.97 Å². The summed E-state index contributed by atoms with van der Waals surface area (Å²) < 4.78 is 16.8. The van der Waals surface area contributed by atoms with Crippen molar-refractivity contribution in [1.29, 1.82) is 0 Å². The van der Waals surface area contributed by atoms with E-state index < -0.39 is 5.41 Å². The van der Waals surface area contributed by atoms with Crippen LogP contribution in [0.3, 0.4) is 0 Å². The Balaban J connectivity index is 1.22. The lowest BCUT2D eigenvalue weighted by atomic mass is 9.68. The monoisotopic (exact) mass is 566 g/mol. The number of aromatic nitrogens is 4. The van der Waals surface area contributed by atoms with E-state index in [1.54, 1.807) is 20.5 Å². The second kappa shape index (κ2) is 11.4. The van der Waals surface area contributed by atoms with Crippen LogP contribution in [-0.4, -0.2) is 77.4 Å². The Bertz CT molecular complexity index is 1570. The van der Waals surface area contributed by atoms with Crippen LogP contribution in [0.4, 0.5) is 5.82 Å². The van der Waals surface area contributed by atoms with Gasteiger partial charge < -0.3 is 24.5 Å². The maximum atomic E-state index is 5.72. The van der Waals surface area contributed by atoms with Crippen LogP contribution in [0.1, 0.15) is 48.1 Å². The zero-order valence-electron chi connectivity index (χ0n) is 24.3. The molecule has 42 heavy (non-hydrogen) atoms. The molecule has 4 aromatic rings. The van der Waals surface area contributed by atoms with Crippen LogP contribution in [0, 0.1) is 0 Å². The number of aromatic amines is 1. The summed E-state index contributed by atoms with van der Waals surface area (Å²) in [5.41, 5.74) is 5.00. The van der Waals surface area contributed by atoms with Gasteiger partial charge in [0, 0.05) is 48.7 Å². The zero-order chi connectivity index (χ0) is 28.5. The van der Waals surface area contributed by atoms with Gasteiger partial charge in [0.1, 0.15) is 17.8 Å². The number of anilines is 1. The molecule has 218 valence electrons. The van der Waals surface area contributed by atoms with Crippen LogP contribution in [0.5, 0.6) is 11.5 Å². The van der Waals surface area contributed by atoms with Crippen molar-refractivity contribution in [1.82, 2.24) is 24.8 Å². The van der Waals surface area contributed by atoms with Crippen molar-refractivity contribution in [2.24, 2.45) is 0 Å². The van der Waals surface area contributed by atoms with E-state index in [2.05, 4.69) is 61.6 Å². The molecule has 9 heteroatoms. The quantitative estimate of drug-likeness (QED) is 0.323. The summed E-state index contributed by atoms with van der Waals surface area (Å²) in [6.07, 6.45) is 15.3. The van der Waals surface area contributed by atoms with E-state index in [0.29, 0.717) is 23.6 Å². The molecule has 3 aromatic heterocycles. The van der Waals surface area contributed by atoms with Crippen LogP contribution in [0.2, 0.25) is 0 Å². The van der Waals surface area contributed by atoms with Gasteiger partial charge in [-0.15, -0.1) is 0 Å². The summed E-state index contributed by atoms with van der Waals surface area (Å²) in [5, 5.41) is 4.91. The lowest BCUT2D eigenvalue weighted by Crippen LogP contribution is -2.46. The number of rotatable bonds is 7. The highest BCUT2D eigenvalue weighted by Gasteiger charge is 2.38. The number of allylic oxidation sites excluding steroid dienone is 1. The molecule has 2 fully saturated rings. The molecule has 4 heterocycles. The number of nitrogens with zero attached hydrogens (tertiary/aromatic N) is 4. The Kier molecular flexibility index (Phi) is 7.29. The van der Waals surface area contributed by atoms with Crippen molar-refractivity contribution in [2.75, 3.05) is 45.8 Å². The number of nitrogens with one attached hydrogen (secondary N) is 2. The van der Waals surface area contributed by atoms with Gasteiger partial charge in [0.15, 0.2) is 11.5 Å². The predicted molar refractivity (Wildman–Crippen MR) is 163 cm³/mol. The molecule has 1 saturated carbocycles. The molecule has 1 saturated heterocycles. The van der Waals surface area contributed by atoms with E-state index in [4.69, 9.17) is 19.2 Å². The van der Waals surface area contributed by atoms with Crippen molar-refractivity contribution in [3.63, 3.8) is 0 Å². The third-order valence-corrected chi connectivity index (χ3v) is 9.41. The first kappa shape index (κ1) is 26.9. The number of hydrogen-bond acceptors (Lipinski definition) is 8. The van der Waals surface area contributed by atoms with E-state index >= 15 is 0 Å². The first-order valence-electron chi connectivity index (χ1n) is 14.9. The molecular weight excluding hydrogens is 528 g/mol. The van der Waals surface area contributed by atoms with E-state index in [9.17, 15) is 0 Å².